The molecule has 116 valence electrons. The Kier molecular flexibility index (Phi) is 5.10. The maximum Gasteiger partial charge on any atom is 0.237 e. The summed E-state index contributed by atoms with van der Waals surface area (Å²) in [6.45, 7) is 9.57. The van der Waals surface area contributed by atoms with Gasteiger partial charge in [0, 0.05) is 12.0 Å². The van der Waals surface area contributed by atoms with Crippen molar-refractivity contribution in [2.45, 2.75) is 59.2 Å². The van der Waals surface area contributed by atoms with Crippen molar-refractivity contribution in [3.63, 3.8) is 0 Å². The molecule has 2 aliphatic carbocycles. The van der Waals surface area contributed by atoms with Crippen LogP contribution >= 0.6 is 0 Å². The molecule has 0 aromatic rings. The molecule has 1 atom stereocenters. The third-order valence-electron chi connectivity index (χ3n) is 3.86. The van der Waals surface area contributed by atoms with E-state index in [1.807, 2.05) is 6.08 Å². The predicted octanol–water partition coefficient (Wildman–Crippen LogP) is 5.29. The molecule has 2 rings (SSSR count). The molecule has 2 heteroatoms. The minimum Gasteiger partial charge on any atom is -0.458 e. The van der Waals surface area contributed by atoms with Crippen LogP contribution in [0, 0.1) is 5.41 Å². The van der Waals surface area contributed by atoms with Gasteiger partial charge in [0.05, 0.1) is 6.61 Å². The van der Waals surface area contributed by atoms with Gasteiger partial charge in [0.15, 0.2) is 0 Å². The molecule has 0 fully saturated rings. The smallest absolute Gasteiger partial charge is 0.237 e. The van der Waals surface area contributed by atoms with Crippen LogP contribution in [-0.4, -0.2) is 12.4 Å². The highest BCUT2D eigenvalue weighted by atomic mass is 16.7. The summed E-state index contributed by atoms with van der Waals surface area (Å²) < 4.78 is 12.7. The third-order valence-corrected chi connectivity index (χ3v) is 3.86. The summed E-state index contributed by atoms with van der Waals surface area (Å²) in [4.78, 5) is 0. The highest BCUT2D eigenvalue weighted by molar-refractivity contribution is 5.32. The topological polar surface area (TPSA) is 18.5 Å². The zero-order valence-electron chi connectivity index (χ0n) is 13.8. The molecule has 0 saturated carbocycles. The number of unbranched alkanes of at least 4 members (excludes halogenated alkanes) is 1. The molecule has 0 N–H and O–H groups in total. The Morgan fingerprint density at radius 3 is 2.67 bits per heavy atom. The molecule has 0 aliphatic heterocycles. The second-order valence-corrected chi connectivity index (χ2v) is 6.76. The molecule has 0 radical (unpaired) electrons. The van der Waals surface area contributed by atoms with E-state index < -0.39 is 5.79 Å². The van der Waals surface area contributed by atoms with E-state index in [0.717, 1.165) is 38.0 Å². The van der Waals surface area contributed by atoms with Crippen LogP contribution in [0.15, 0.2) is 47.8 Å². The standard InChI is InChI=1S/C19H28O2/c1-5-6-15-20-19(21-16-11-7-8-12-16)14-10-9-13-17(19)18(2,3)4/h7,9-13H,5-6,8,14-15H2,1-4H3. The molecular weight excluding hydrogens is 260 g/mol. The van der Waals surface area contributed by atoms with Gasteiger partial charge in [-0.15, -0.1) is 0 Å². The first-order valence-corrected chi connectivity index (χ1v) is 8.05. The van der Waals surface area contributed by atoms with Crippen molar-refractivity contribution in [2.75, 3.05) is 6.61 Å². The highest BCUT2D eigenvalue weighted by Crippen LogP contribution is 2.43. The van der Waals surface area contributed by atoms with Gasteiger partial charge >= 0.3 is 0 Å². The summed E-state index contributed by atoms with van der Waals surface area (Å²) in [5.74, 6) is 0.278. The van der Waals surface area contributed by atoms with Crippen molar-refractivity contribution in [3.05, 3.63) is 47.8 Å². The number of hydrogen-bond acceptors (Lipinski definition) is 2. The van der Waals surface area contributed by atoms with Crippen molar-refractivity contribution < 1.29 is 9.47 Å². The van der Waals surface area contributed by atoms with Gasteiger partial charge in [-0.3, -0.25) is 0 Å². The van der Waals surface area contributed by atoms with E-state index in [-0.39, 0.29) is 5.41 Å². The van der Waals surface area contributed by atoms with E-state index in [1.165, 1.54) is 5.57 Å². The van der Waals surface area contributed by atoms with Gasteiger partial charge in [-0.25, -0.2) is 0 Å². The van der Waals surface area contributed by atoms with Gasteiger partial charge in [0.1, 0.15) is 5.76 Å². The van der Waals surface area contributed by atoms with Gasteiger partial charge in [0.25, 0.3) is 0 Å². The number of allylic oxidation sites excluding steroid dienone is 5. The lowest BCUT2D eigenvalue weighted by molar-refractivity contribution is -0.192. The molecule has 1 unspecified atom stereocenters. The second kappa shape index (κ2) is 6.65. The Hall–Kier alpha value is -1.28. The van der Waals surface area contributed by atoms with Crippen LogP contribution < -0.4 is 0 Å². The fraction of sp³-hybridized carbons (Fsp3) is 0.579. The first-order valence-electron chi connectivity index (χ1n) is 8.05. The van der Waals surface area contributed by atoms with Crippen LogP contribution in [0.3, 0.4) is 0 Å². The van der Waals surface area contributed by atoms with Gasteiger partial charge in [0.2, 0.25) is 5.79 Å². The second-order valence-electron chi connectivity index (χ2n) is 6.76. The number of rotatable bonds is 6. The molecule has 0 aromatic heterocycles. The molecule has 2 nitrogen and oxygen atoms in total. The monoisotopic (exact) mass is 288 g/mol. The van der Waals surface area contributed by atoms with E-state index >= 15 is 0 Å². The SMILES string of the molecule is CCCCOC1(OC2=CCC=C2)CC=CC=C1C(C)(C)C. The molecule has 0 bridgehead atoms. The maximum absolute atomic E-state index is 6.36. The minimum absolute atomic E-state index is 0.0137. The van der Waals surface area contributed by atoms with Crippen LogP contribution in [-0.2, 0) is 9.47 Å². The summed E-state index contributed by atoms with van der Waals surface area (Å²) in [5.41, 5.74) is 1.23. The first kappa shape index (κ1) is 16.1. The maximum atomic E-state index is 6.36. The van der Waals surface area contributed by atoms with Crippen molar-refractivity contribution >= 4 is 0 Å². The van der Waals surface area contributed by atoms with Crippen LogP contribution in [0.5, 0.6) is 0 Å². The zero-order chi connectivity index (χ0) is 15.3. The van der Waals surface area contributed by atoms with E-state index in [9.17, 15) is 0 Å². The lowest BCUT2D eigenvalue weighted by atomic mass is 9.78. The lowest BCUT2D eigenvalue weighted by Crippen LogP contribution is -2.43. The Labute approximate surface area is 129 Å². The Morgan fingerprint density at radius 1 is 1.24 bits per heavy atom. The summed E-state index contributed by atoms with van der Waals surface area (Å²) >= 11 is 0. The number of ether oxygens (including phenoxy) is 2. The summed E-state index contributed by atoms with van der Waals surface area (Å²) in [5, 5.41) is 0. The molecule has 21 heavy (non-hydrogen) atoms. The fourth-order valence-corrected chi connectivity index (χ4v) is 2.79. The van der Waals surface area contributed by atoms with Gasteiger partial charge in [-0.1, -0.05) is 58.4 Å². The Bertz CT molecular complexity index is 474. The first-order chi connectivity index (χ1) is 9.98. The normalized spacial score (nSPS) is 25.0. The Morgan fingerprint density at radius 2 is 2.05 bits per heavy atom. The molecule has 2 aliphatic rings. The molecule has 0 aromatic carbocycles. The molecule has 0 saturated heterocycles. The molecule has 0 heterocycles. The average molecular weight is 288 g/mol. The summed E-state index contributed by atoms with van der Waals surface area (Å²) in [6.07, 6.45) is 16.6. The lowest BCUT2D eigenvalue weighted by Gasteiger charge is -2.42. The molecular formula is C19H28O2. The predicted molar refractivity (Wildman–Crippen MR) is 87.8 cm³/mol. The summed E-state index contributed by atoms with van der Waals surface area (Å²) in [7, 11) is 0. The highest BCUT2D eigenvalue weighted by Gasteiger charge is 2.43. The van der Waals surface area contributed by atoms with Crippen molar-refractivity contribution in [2.24, 2.45) is 5.41 Å². The summed E-state index contributed by atoms with van der Waals surface area (Å²) in [6, 6.07) is 0. The van der Waals surface area contributed by atoms with Crippen molar-refractivity contribution in [3.8, 4) is 0 Å². The zero-order valence-corrected chi connectivity index (χ0v) is 13.8. The van der Waals surface area contributed by atoms with E-state index in [2.05, 4.69) is 58.1 Å². The van der Waals surface area contributed by atoms with Crippen molar-refractivity contribution in [1.29, 1.82) is 0 Å². The van der Waals surface area contributed by atoms with Crippen LogP contribution in [0.4, 0.5) is 0 Å². The van der Waals surface area contributed by atoms with Crippen molar-refractivity contribution in [1.82, 2.24) is 0 Å². The Balaban J connectivity index is 2.27. The molecule has 0 amide bonds. The fourth-order valence-electron chi connectivity index (χ4n) is 2.79. The minimum atomic E-state index is -0.650. The van der Waals surface area contributed by atoms with Crippen LogP contribution in [0.2, 0.25) is 0 Å². The largest absolute Gasteiger partial charge is 0.458 e. The van der Waals surface area contributed by atoms with E-state index in [0.29, 0.717) is 0 Å². The number of hydrogen-bond donors (Lipinski definition) is 0. The van der Waals surface area contributed by atoms with Gasteiger partial charge in [-0.2, -0.15) is 0 Å². The average Bonchev–Trinajstić information content (AvgIpc) is 2.91. The van der Waals surface area contributed by atoms with E-state index in [1.54, 1.807) is 0 Å². The van der Waals surface area contributed by atoms with Crippen LogP contribution in [0.1, 0.15) is 53.4 Å². The molecule has 0 spiro atoms. The van der Waals surface area contributed by atoms with E-state index in [4.69, 9.17) is 9.47 Å². The van der Waals surface area contributed by atoms with Crippen LogP contribution in [0.25, 0.3) is 0 Å². The van der Waals surface area contributed by atoms with Gasteiger partial charge in [-0.05, 0) is 30.4 Å². The quantitative estimate of drug-likeness (QED) is 0.488. The third kappa shape index (κ3) is 3.88. The van der Waals surface area contributed by atoms with Gasteiger partial charge < -0.3 is 9.47 Å².